The number of nitrogens with one attached hydrogen (secondary N) is 1. The van der Waals surface area contributed by atoms with E-state index in [-0.39, 0.29) is 18.4 Å². The lowest BCUT2D eigenvalue weighted by atomic mass is 10.1. The summed E-state index contributed by atoms with van der Waals surface area (Å²) >= 11 is 6.05. The van der Waals surface area contributed by atoms with Crippen LogP contribution in [0.2, 0.25) is 5.02 Å². The molecule has 0 aliphatic rings. The van der Waals surface area contributed by atoms with Gasteiger partial charge in [-0.25, -0.2) is 0 Å². The molecule has 6 heteroatoms. The monoisotopic (exact) mass is 416 g/mol. The van der Waals surface area contributed by atoms with Crippen LogP contribution >= 0.6 is 11.6 Å². The lowest BCUT2D eigenvalue weighted by Gasteiger charge is -2.30. The van der Waals surface area contributed by atoms with E-state index in [0.29, 0.717) is 30.3 Å². The van der Waals surface area contributed by atoms with Crippen LogP contribution < -0.4 is 10.1 Å². The molecule has 0 spiro atoms. The van der Waals surface area contributed by atoms with Crippen LogP contribution in [0.3, 0.4) is 0 Å². The highest BCUT2D eigenvalue weighted by molar-refractivity contribution is 6.31. The summed E-state index contributed by atoms with van der Waals surface area (Å²) in [5, 5.41) is 3.55. The van der Waals surface area contributed by atoms with Crippen LogP contribution in [0.15, 0.2) is 48.5 Å². The molecule has 1 N–H and O–H groups in total. The van der Waals surface area contributed by atoms with Gasteiger partial charge in [0.2, 0.25) is 5.91 Å². The molecule has 29 heavy (non-hydrogen) atoms. The number of halogens is 1. The van der Waals surface area contributed by atoms with E-state index >= 15 is 0 Å². The molecule has 0 aromatic heterocycles. The van der Waals surface area contributed by atoms with Crippen LogP contribution in [-0.4, -0.2) is 35.9 Å². The van der Waals surface area contributed by atoms with Crippen molar-refractivity contribution in [2.45, 2.75) is 46.2 Å². The number of carbonyl (C=O) groups is 2. The maximum atomic E-state index is 13.0. The van der Waals surface area contributed by atoms with Crippen LogP contribution in [0.4, 0.5) is 0 Å². The van der Waals surface area contributed by atoms with Gasteiger partial charge in [-0.15, -0.1) is 0 Å². The van der Waals surface area contributed by atoms with Crippen LogP contribution in [0.25, 0.3) is 0 Å². The SMILES string of the molecule is CCCNC(=O)C(CC)N(Cc1ccccc1)C(=O)COc1ccc(Cl)c(C)c1. The Morgan fingerprint density at radius 2 is 1.86 bits per heavy atom. The van der Waals surface area contributed by atoms with Gasteiger partial charge in [0.15, 0.2) is 6.61 Å². The normalized spacial score (nSPS) is 11.6. The third kappa shape index (κ3) is 6.79. The maximum Gasteiger partial charge on any atom is 0.261 e. The fourth-order valence-corrected chi connectivity index (χ4v) is 3.12. The second kappa shape index (κ2) is 11.5. The van der Waals surface area contributed by atoms with Crippen LogP contribution in [0, 0.1) is 6.92 Å². The Balaban J connectivity index is 2.16. The fourth-order valence-electron chi connectivity index (χ4n) is 3.00. The molecule has 0 saturated heterocycles. The van der Waals surface area contributed by atoms with E-state index in [2.05, 4.69) is 5.32 Å². The number of hydrogen-bond donors (Lipinski definition) is 1. The Bertz CT molecular complexity index is 811. The van der Waals surface area contributed by atoms with E-state index in [1.54, 1.807) is 23.1 Å². The first-order chi connectivity index (χ1) is 14.0. The summed E-state index contributed by atoms with van der Waals surface area (Å²) in [6.45, 7) is 6.57. The van der Waals surface area contributed by atoms with Gasteiger partial charge in [0, 0.05) is 18.1 Å². The topological polar surface area (TPSA) is 58.6 Å². The number of ether oxygens (including phenoxy) is 1. The minimum absolute atomic E-state index is 0.138. The first kappa shape index (κ1) is 22.8. The predicted molar refractivity (Wildman–Crippen MR) is 116 cm³/mol. The first-order valence-corrected chi connectivity index (χ1v) is 10.3. The Morgan fingerprint density at radius 1 is 1.14 bits per heavy atom. The Morgan fingerprint density at radius 3 is 2.48 bits per heavy atom. The van der Waals surface area contributed by atoms with E-state index in [4.69, 9.17) is 16.3 Å². The van der Waals surface area contributed by atoms with Crippen LogP contribution in [0.1, 0.15) is 37.8 Å². The lowest BCUT2D eigenvalue weighted by molar-refractivity contribution is -0.143. The minimum atomic E-state index is -0.551. The Labute approximate surface area is 178 Å². The van der Waals surface area contributed by atoms with E-state index in [9.17, 15) is 9.59 Å². The Hall–Kier alpha value is -2.53. The highest BCUT2D eigenvalue weighted by atomic mass is 35.5. The van der Waals surface area contributed by atoms with Gasteiger partial charge in [-0.1, -0.05) is 55.8 Å². The summed E-state index contributed by atoms with van der Waals surface area (Å²) in [5.41, 5.74) is 1.84. The summed E-state index contributed by atoms with van der Waals surface area (Å²) in [7, 11) is 0. The molecular weight excluding hydrogens is 388 g/mol. The molecule has 5 nitrogen and oxygen atoms in total. The van der Waals surface area contributed by atoms with Crippen molar-refractivity contribution in [2.24, 2.45) is 0 Å². The van der Waals surface area contributed by atoms with Gasteiger partial charge >= 0.3 is 0 Å². The predicted octanol–water partition coefficient (Wildman–Crippen LogP) is 4.36. The van der Waals surface area contributed by atoms with Crippen molar-refractivity contribution in [2.75, 3.05) is 13.2 Å². The summed E-state index contributed by atoms with van der Waals surface area (Å²) in [5.74, 6) is 0.198. The number of carbonyl (C=O) groups excluding carboxylic acids is 2. The van der Waals surface area contributed by atoms with Crippen LogP contribution in [0.5, 0.6) is 5.75 Å². The van der Waals surface area contributed by atoms with Gasteiger partial charge in [-0.2, -0.15) is 0 Å². The zero-order valence-corrected chi connectivity index (χ0v) is 18.0. The third-order valence-electron chi connectivity index (χ3n) is 4.62. The van der Waals surface area contributed by atoms with Crippen molar-refractivity contribution >= 4 is 23.4 Å². The van der Waals surface area contributed by atoms with Crippen molar-refractivity contribution in [3.05, 3.63) is 64.7 Å². The van der Waals surface area contributed by atoms with E-state index in [0.717, 1.165) is 17.5 Å². The number of hydrogen-bond acceptors (Lipinski definition) is 3. The molecule has 0 radical (unpaired) electrons. The molecular formula is C23H29ClN2O3. The van der Waals surface area contributed by atoms with Crippen molar-refractivity contribution in [3.8, 4) is 5.75 Å². The molecule has 2 aromatic carbocycles. The molecule has 0 aliphatic heterocycles. The molecule has 0 bridgehead atoms. The number of nitrogens with zero attached hydrogens (tertiary/aromatic N) is 1. The smallest absolute Gasteiger partial charge is 0.261 e. The van der Waals surface area contributed by atoms with E-state index in [1.165, 1.54) is 0 Å². The molecule has 0 aliphatic carbocycles. The van der Waals surface area contributed by atoms with Crippen molar-refractivity contribution < 1.29 is 14.3 Å². The standard InChI is InChI=1S/C23H29ClN2O3/c1-4-13-25-23(28)21(5-2)26(15-18-9-7-6-8-10-18)22(27)16-29-19-11-12-20(24)17(3)14-19/h6-12,14,21H,4-5,13,15-16H2,1-3H3,(H,25,28). The number of aryl methyl sites for hydroxylation is 1. The summed E-state index contributed by atoms with van der Waals surface area (Å²) in [6.07, 6.45) is 1.36. The second-order valence-corrected chi connectivity index (χ2v) is 7.33. The molecule has 0 fully saturated rings. The molecule has 156 valence electrons. The summed E-state index contributed by atoms with van der Waals surface area (Å²) in [6, 6.07) is 14.4. The van der Waals surface area contributed by atoms with Gasteiger partial charge in [0.1, 0.15) is 11.8 Å². The van der Waals surface area contributed by atoms with Gasteiger partial charge in [-0.3, -0.25) is 9.59 Å². The highest BCUT2D eigenvalue weighted by Crippen LogP contribution is 2.21. The second-order valence-electron chi connectivity index (χ2n) is 6.92. The lowest BCUT2D eigenvalue weighted by Crippen LogP contribution is -2.50. The van der Waals surface area contributed by atoms with Crippen LogP contribution in [-0.2, 0) is 16.1 Å². The molecule has 0 heterocycles. The molecule has 0 saturated carbocycles. The number of rotatable bonds is 10. The molecule has 1 unspecified atom stereocenters. The zero-order valence-electron chi connectivity index (χ0n) is 17.3. The van der Waals surface area contributed by atoms with Gasteiger partial charge < -0.3 is 15.0 Å². The summed E-state index contributed by atoms with van der Waals surface area (Å²) < 4.78 is 5.70. The quantitative estimate of drug-likeness (QED) is 0.626. The van der Waals surface area contributed by atoms with Crippen molar-refractivity contribution in [1.29, 1.82) is 0 Å². The average Bonchev–Trinajstić information content (AvgIpc) is 2.73. The largest absolute Gasteiger partial charge is 0.484 e. The number of benzene rings is 2. The Kier molecular flexibility index (Phi) is 9.00. The molecule has 2 aromatic rings. The third-order valence-corrected chi connectivity index (χ3v) is 5.05. The first-order valence-electron chi connectivity index (χ1n) is 9.96. The molecule has 2 rings (SSSR count). The average molecular weight is 417 g/mol. The van der Waals surface area contributed by atoms with Gasteiger partial charge in [-0.05, 0) is 49.1 Å². The van der Waals surface area contributed by atoms with E-state index < -0.39 is 6.04 Å². The fraction of sp³-hybridized carbons (Fsp3) is 0.391. The maximum absolute atomic E-state index is 13.0. The zero-order chi connectivity index (χ0) is 21.2. The minimum Gasteiger partial charge on any atom is -0.484 e. The highest BCUT2D eigenvalue weighted by Gasteiger charge is 2.28. The van der Waals surface area contributed by atoms with Gasteiger partial charge in [0.25, 0.3) is 5.91 Å². The van der Waals surface area contributed by atoms with Crippen molar-refractivity contribution in [3.63, 3.8) is 0 Å². The number of amides is 2. The molecule has 2 amide bonds. The van der Waals surface area contributed by atoms with Crippen molar-refractivity contribution in [1.82, 2.24) is 10.2 Å². The molecule has 1 atom stereocenters. The van der Waals surface area contributed by atoms with Gasteiger partial charge in [0.05, 0.1) is 0 Å². The summed E-state index contributed by atoms with van der Waals surface area (Å²) in [4.78, 5) is 27.3. The van der Waals surface area contributed by atoms with E-state index in [1.807, 2.05) is 51.1 Å².